The summed E-state index contributed by atoms with van der Waals surface area (Å²) in [5.74, 6) is 0.693. The van der Waals surface area contributed by atoms with Crippen LogP contribution >= 0.6 is 0 Å². The molecule has 7 heteroatoms. The Bertz CT molecular complexity index is 756. The molecule has 0 radical (unpaired) electrons. The molecule has 2 amide bonds. The predicted octanol–water partition coefficient (Wildman–Crippen LogP) is 1.91. The van der Waals surface area contributed by atoms with Gasteiger partial charge in [-0.05, 0) is 25.0 Å². The van der Waals surface area contributed by atoms with Crippen LogP contribution in [0.1, 0.15) is 54.6 Å². The number of carbonyl (C=O) groups excluding carboxylic acids is 2. The maximum absolute atomic E-state index is 12.4. The number of imidazole rings is 1. The van der Waals surface area contributed by atoms with Crippen molar-refractivity contribution in [2.45, 2.75) is 45.8 Å². The van der Waals surface area contributed by atoms with Crippen molar-refractivity contribution in [3.8, 4) is 0 Å². The fraction of sp³-hybridized carbons (Fsp3) is 0.444. The van der Waals surface area contributed by atoms with Crippen LogP contribution in [0.4, 0.5) is 0 Å². The Hall–Kier alpha value is -2.70. The minimum absolute atomic E-state index is 0.118. The molecule has 3 heterocycles. The molecule has 0 fully saturated rings. The molecule has 25 heavy (non-hydrogen) atoms. The van der Waals surface area contributed by atoms with Gasteiger partial charge in [0.2, 0.25) is 5.91 Å². The van der Waals surface area contributed by atoms with Crippen LogP contribution in [-0.2, 0) is 17.9 Å². The first-order valence-corrected chi connectivity index (χ1v) is 8.63. The van der Waals surface area contributed by atoms with E-state index in [1.807, 2.05) is 35.4 Å². The zero-order valence-corrected chi connectivity index (χ0v) is 14.6. The highest BCUT2D eigenvalue weighted by Gasteiger charge is 2.30. The van der Waals surface area contributed by atoms with Gasteiger partial charge in [0, 0.05) is 44.6 Å². The average molecular weight is 341 g/mol. The second kappa shape index (κ2) is 7.46. The highest BCUT2D eigenvalue weighted by molar-refractivity contribution is 5.92. The Kier molecular flexibility index (Phi) is 5.11. The van der Waals surface area contributed by atoms with Crippen LogP contribution in [-0.4, -0.2) is 37.8 Å². The fourth-order valence-corrected chi connectivity index (χ4v) is 3.07. The number of nitrogens with zero attached hydrogens (tertiary/aromatic N) is 4. The first kappa shape index (κ1) is 17.1. The summed E-state index contributed by atoms with van der Waals surface area (Å²) >= 11 is 0. The number of pyridine rings is 1. The summed E-state index contributed by atoms with van der Waals surface area (Å²) in [5, 5.41) is 2.86. The molecule has 0 spiro atoms. The molecule has 1 atom stereocenters. The lowest BCUT2D eigenvalue weighted by Gasteiger charge is -2.33. The van der Waals surface area contributed by atoms with Crippen molar-refractivity contribution < 1.29 is 9.59 Å². The second-order valence-corrected chi connectivity index (χ2v) is 6.23. The molecule has 1 aliphatic heterocycles. The third-order valence-electron chi connectivity index (χ3n) is 4.42. The molecular formula is C18H23N5O2. The van der Waals surface area contributed by atoms with Gasteiger partial charge in [0.15, 0.2) is 0 Å². The maximum Gasteiger partial charge on any atom is 0.271 e. The molecule has 0 unspecified atom stereocenters. The Labute approximate surface area is 147 Å². The molecule has 2 aromatic rings. The van der Waals surface area contributed by atoms with E-state index >= 15 is 0 Å². The van der Waals surface area contributed by atoms with E-state index in [0.29, 0.717) is 31.7 Å². The first-order chi connectivity index (χ1) is 12.1. The number of hydrogen-bond acceptors (Lipinski definition) is 4. The van der Waals surface area contributed by atoms with Crippen LogP contribution in [0.2, 0.25) is 0 Å². The highest BCUT2D eigenvalue weighted by Crippen LogP contribution is 2.25. The molecule has 2 aromatic heterocycles. The topological polar surface area (TPSA) is 80.1 Å². The largest absolute Gasteiger partial charge is 0.347 e. The summed E-state index contributed by atoms with van der Waals surface area (Å²) in [5.41, 5.74) is 1.32. The minimum Gasteiger partial charge on any atom is -0.347 e. The van der Waals surface area contributed by atoms with Crippen LogP contribution in [0.5, 0.6) is 0 Å². The molecule has 0 bridgehead atoms. The molecule has 1 N–H and O–H groups in total. The smallest absolute Gasteiger partial charge is 0.271 e. The molecule has 0 saturated carbocycles. The number of carbonyl (C=O) groups is 2. The van der Waals surface area contributed by atoms with Crippen molar-refractivity contribution in [2.24, 2.45) is 0 Å². The average Bonchev–Trinajstić information content (AvgIpc) is 3.06. The number of aromatic nitrogens is 3. The summed E-state index contributed by atoms with van der Waals surface area (Å²) < 4.78 is 1.97. The number of nitrogens with one attached hydrogen (secondary N) is 1. The normalized spacial score (nSPS) is 16.4. The number of fused-ring (bicyclic) bond motifs is 1. The lowest BCUT2D eigenvalue weighted by Crippen LogP contribution is -2.40. The molecule has 0 aliphatic carbocycles. The second-order valence-electron chi connectivity index (χ2n) is 6.23. The van der Waals surface area contributed by atoms with Crippen LogP contribution in [0.15, 0.2) is 30.7 Å². The number of hydrogen-bond donors (Lipinski definition) is 1. The van der Waals surface area contributed by atoms with Gasteiger partial charge in [0.25, 0.3) is 5.91 Å². The van der Waals surface area contributed by atoms with Crippen molar-refractivity contribution in [2.75, 3.05) is 6.54 Å². The van der Waals surface area contributed by atoms with Crippen molar-refractivity contribution in [3.05, 3.63) is 47.8 Å². The van der Waals surface area contributed by atoms with Crippen molar-refractivity contribution >= 4 is 11.8 Å². The Balaban J connectivity index is 1.69. The van der Waals surface area contributed by atoms with Gasteiger partial charge in [-0.2, -0.15) is 0 Å². The van der Waals surface area contributed by atoms with Gasteiger partial charge in [-0.1, -0.05) is 13.0 Å². The van der Waals surface area contributed by atoms with E-state index in [4.69, 9.17) is 0 Å². The predicted molar refractivity (Wildman–Crippen MR) is 92.7 cm³/mol. The van der Waals surface area contributed by atoms with Gasteiger partial charge in [-0.15, -0.1) is 0 Å². The maximum atomic E-state index is 12.4. The van der Waals surface area contributed by atoms with Gasteiger partial charge < -0.3 is 14.8 Å². The molecule has 3 rings (SSSR count). The first-order valence-electron chi connectivity index (χ1n) is 8.63. The molecule has 0 aromatic carbocycles. The lowest BCUT2D eigenvalue weighted by atomic mass is 10.2. The Morgan fingerprint density at radius 1 is 1.36 bits per heavy atom. The van der Waals surface area contributed by atoms with E-state index in [-0.39, 0.29) is 17.9 Å². The van der Waals surface area contributed by atoms with Crippen LogP contribution in [0.25, 0.3) is 0 Å². The van der Waals surface area contributed by atoms with Crippen LogP contribution < -0.4 is 5.32 Å². The third kappa shape index (κ3) is 3.70. The standard InChI is InChI=1S/C18H23N5O2/c1-3-5-16(24)23-9-8-22-12-15(21-17(22)13(23)2)18(25)20-11-14-6-4-7-19-10-14/h4,6-7,10,12-13H,3,5,8-9,11H2,1-2H3,(H,20,25)/t13-/m0/s1. The van der Waals surface area contributed by atoms with E-state index in [9.17, 15) is 9.59 Å². The van der Waals surface area contributed by atoms with Crippen LogP contribution in [0.3, 0.4) is 0 Å². The number of amides is 2. The van der Waals surface area contributed by atoms with Gasteiger partial charge in [-0.25, -0.2) is 4.98 Å². The van der Waals surface area contributed by atoms with Crippen molar-refractivity contribution in [3.63, 3.8) is 0 Å². The Morgan fingerprint density at radius 3 is 2.92 bits per heavy atom. The summed E-state index contributed by atoms with van der Waals surface area (Å²) in [6.07, 6.45) is 6.56. The van der Waals surface area contributed by atoms with Gasteiger partial charge in [0.05, 0.1) is 6.04 Å². The fourth-order valence-electron chi connectivity index (χ4n) is 3.07. The van der Waals surface area contributed by atoms with Crippen molar-refractivity contribution in [1.29, 1.82) is 0 Å². The van der Waals surface area contributed by atoms with E-state index in [0.717, 1.165) is 17.8 Å². The van der Waals surface area contributed by atoms with Gasteiger partial charge >= 0.3 is 0 Å². The van der Waals surface area contributed by atoms with E-state index in [2.05, 4.69) is 15.3 Å². The van der Waals surface area contributed by atoms with E-state index < -0.39 is 0 Å². The minimum atomic E-state index is -0.218. The zero-order chi connectivity index (χ0) is 17.8. The summed E-state index contributed by atoms with van der Waals surface area (Å²) in [6.45, 7) is 5.69. The molecule has 7 nitrogen and oxygen atoms in total. The van der Waals surface area contributed by atoms with Gasteiger partial charge in [0.1, 0.15) is 11.5 Å². The third-order valence-corrected chi connectivity index (χ3v) is 4.42. The van der Waals surface area contributed by atoms with Crippen LogP contribution in [0, 0.1) is 0 Å². The zero-order valence-electron chi connectivity index (χ0n) is 14.6. The molecule has 1 aliphatic rings. The Morgan fingerprint density at radius 2 is 2.20 bits per heavy atom. The highest BCUT2D eigenvalue weighted by atomic mass is 16.2. The lowest BCUT2D eigenvalue weighted by molar-refractivity contribution is -0.134. The molecule has 132 valence electrons. The summed E-state index contributed by atoms with van der Waals surface area (Å²) in [4.78, 5) is 35.0. The number of rotatable bonds is 5. The van der Waals surface area contributed by atoms with E-state index in [1.165, 1.54) is 0 Å². The van der Waals surface area contributed by atoms with Crippen molar-refractivity contribution in [1.82, 2.24) is 24.8 Å². The monoisotopic (exact) mass is 341 g/mol. The quantitative estimate of drug-likeness (QED) is 0.901. The van der Waals surface area contributed by atoms with Gasteiger partial charge in [-0.3, -0.25) is 14.6 Å². The van der Waals surface area contributed by atoms with E-state index in [1.54, 1.807) is 18.6 Å². The molecular weight excluding hydrogens is 318 g/mol. The summed E-state index contributed by atoms with van der Waals surface area (Å²) in [7, 11) is 0. The SMILES string of the molecule is CCCC(=O)N1CCn2cc(C(=O)NCc3cccnc3)nc2[C@@H]1C. The molecule has 0 saturated heterocycles. The summed E-state index contributed by atoms with van der Waals surface area (Å²) in [6, 6.07) is 3.62.